The minimum atomic E-state index is 0.601. The number of rotatable bonds is 7. The summed E-state index contributed by atoms with van der Waals surface area (Å²) in [5.41, 5.74) is 2.24. The zero-order valence-corrected chi connectivity index (χ0v) is 11.5. The fraction of sp³-hybridized carbons (Fsp3) is 0.375. The second kappa shape index (κ2) is 6.48. The summed E-state index contributed by atoms with van der Waals surface area (Å²) in [5, 5.41) is 3.47. The molecule has 0 amide bonds. The van der Waals surface area contributed by atoms with E-state index >= 15 is 0 Å². The Hall–Kier alpha value is -1.94. The van der Waals surface area contributed by atoms with Crippen LogP contribution in [0.4, 0.5) is 0 Å². The third kappa shape index (κ3) is 4.03. The lowest BCUT2D eigenvalue weighted by atomic mass is 10.3. The van der Waals surface area contributed by atoms with E-state index in [1.165, 1.54) is 18.4 Å². The maximum Gasteiger partial charge on any atom is 0.213 e. The van der Waals surface area contributed by atoms with Crippen LogP contribution in [0.25, 0.3) is 0 Å². The smallest absolute Gasteiger partial charge is 0.213 e. The fourth-order valence-electron chi connectivity index (χ4n) is 1.96. The molecule has 0 spiro atoms. The van der Waals surface area contributed by atoms with Gasteiger partial charge in [0.15, 0.2) is 0 Å². The van der Waals surface area contributed by atoms with Crippen LogP contribution in [0.3, 0.4) is 0 Å². The molecule has 0 aromatic carbocycles. The van der Waals surface area contributed by atoms with Gasteiger partial charge < -0.3 is 10.1 Å². The van der Waals surface area contributed by atoms with Crippen LogP contribution in [0, 0.1) is 0 Å². The van der Waals surface area contributed by atoms with Gasteiger partial charge in [0.2, 0.25) is 5.88 Å². The molecule has 1 fully saturated rings. The first kappa shape index (κ1) is 13.1. The van der Waals surface area contributed by atoms with Crippen LogP contribution >= 0.6 is 0 Å². The molecule has 104 valence electrons. The van der Waals surface area contributed by atoms with Crippen LogP contribution in [0.15, 0.2) is 42.7 Å². The quantitative estimate of drug-likeness (QED) is 0.838. The Bertz CT molecular complexity index is 523. The van der Waals surface area contributed by atoms with E-state index in [-0.39, 0.29) is 0 Å². The molecule has 4 nitrogen and oxygen atoms in total. The van der Waals surface area contributed by atoms with Gasteiger partial charge in [-0.3, -0.25) is 4.98 Å². The molecule has 0 saturated heterocycles. The highest BCUT2D eigenvalue weighted by atomic mass is 16.5. The van der Waals surface area contributed by atoms with Crippen molar-refractivity contribution in [2.24, 2.45) is 0 Å². The summed E-state index contributed by atoms with van der Waals surface area (Å²) in [4.78, 5) is 8.59. The zero-order chi connectivity index (χ0) is 13.6. The highest BCUT2D eigenvalue weighted by Crippen LogP contribution is 2.19. The molecule has 1 aliphatic rings. The van der Waals surface area contributed by atoms with Gasteiger partial charge in [-0.25, -0.2) is 4.98 Å². The molecular formula is C16H19N3O. The minimum absolute atomic E-state index is 0.601. The van der Waals surface area contributed by atoms with Gasteiger partial charge in [-0.1, -0.05) is 12.1 Å². The van der Waals surface area contributed by atoms with Gasteiger partial charge in [-0.15, -0.1) is 0 Å². The van der Waals surface area contributed by atoms with E-state index in [1.54, 1.807) is 6.20 Å². The lowest BCUT2D eigenvalue weighted by molar-refractivity contribution is 0.308. The Kier molecular flexibility index (Phi) is 4.23. The number of hydrogen-bond donors (Lipinski definition) is 1. The Balaban J connectivity index is 1.43. The first-order valence-electron chi connectivity index (χ1n) is 7.11. The maximum absolute atomic E-state index is 5.63. The molecule has 0 bridgehead atoms. The molecule has 1 aliphatic carbocycles. The van der Waals surface area contributed by atoms with Crippen molar-refractivity contribution in [1.82, 2.24) is 15.3 Å². The number of ether oxygens (including phenoxy) is 1. The number of hydrogen-bond acceptors (Lipinski definition) is 4. The van der Waals surface area contributed by atoms with E-state index in [1.807, 2.05) is 30.5 Å². The van der Waals surface area contributed by atoms with E-state index < -0.39 is 0 Å². The van der Waals surface area contributed by atoms with Gasteiger partial charge in [0, 0.05) is 43.2 Å². The van der Waals surface area contributed by atoms with Crippen molar-refractivity contribution in [2.75, 3.05) is 6.61 Å². The maximum atomic E-state index is 5.63. The van der Waals surface area contributed by atoms with Crippen LogP contribution in [0.1, 0.15) is 24.1 Å². The van der Waals surface area contributed by atoms with E-state index in [2.05, 4.69) is 21.4 Å². The van der Waals surface area contributed by atoms with Crippen LogP contribution in [-0.2, 0) is 13.0 Å². The Morgan fingerprint density at radius 3 is 2.80 bits per heavy atom. The normalized spacial score (nSPS) is 14.2. The zero-order valence-electron chi connectivity index (χ0n) is 11.5. The molecule has 2 heterocycles. The molecule has 2 aromatic rings. The number of nitrogens with zero attached hydrogens (tertiary/aromatic N) is 2. The summed E-state index contributed by atoms with van der Waals surface area (Å²) in [7, 11) is 0. The highest BCUT2D eigenvalue weighted by Gasteiger charge is 2.19. The molecule has 3 rings (SSSR count). The fourth-order valence-corrected chi connectivity index (χ4v) is 1.96. The largest absolute Gasteiger partial charge is 0.477 e. The van der Waals surface area contributed by atoms with Gasteiger partial charge in [0.1, 0.15) is 0 Å². The van der Waals surface area contributed by atoms with Crippen LogP contribution in [0.2, 0.25) is 0 Å². The predicted molar refractivity (Wildman–Crippen MR) is 77.5 cm³/mol. The van der Waals surface area contributed by atoms with E-state index in [0.717, 1.165) is 24.7 Å². The van der Waals surface area contributed by atoms with Gasteiger partial charge in [0.25, 0.3) is 0 Å². The minimum Gasteiger partial charge on any atom is -0.477 e. The van der Waals surface area contributed by atoms with E-state index in [4.69, 9.17) is 4.74 Å². The monoisotopic (exact) mass is 269 g/mol. The molecule has 1 saturated carbocycles. The lowest BCUT2D eigenvalue weighted by Gasteiger charge is -2.06. The van der Waals surface area contributed by atoms with E-state index in [0.29, 0.717) is 12.5 Å². The SMILES string of the molecule is c1ccc(CCOc2ccc(CNC3CC3)cn2)nc1. The lowest BCUT2D eigenvalue weighted by Crippen LogP contribution is -2.15. The van der Waals surface area contributed by atoms with Crippen molar-refractivity contribution >= 4 is 0 Å². The second-order valence-electron chi connectivity index (χ2n) is 5.08. The Morgan fingerprint density at radius 2 is 2.10 bits per heavy atom. The van der Waals surface area contributed by atoms with Gasteiger partial charge in [-0.2, -0.15) is 0 Å². The summed E-state index contributed by atoms with van der Waals surface area (Å²) >= 11 is 0. The molecular weight excluding hydrogens is 250 g/mol. The average Bonchev–Trinajstić information content (AvgIpc) is 3.32. The first-order chi connectivity index (χ1) is 9.90. The molecule has 0 aliphatic heterocycles. The van der Waals surface area contributed by atoms with Crippen molar-refractivity contribution in [3.63, 3.8) is 0 Å². The summed E-state index contributed by atoms with van der Waals surface area (Å²) in [6.07, 6.45) is 7.10. The predicted octanol–water partition coefficient (Wildman–Crippen LogP) is 2.35. The third-order valence-corrected chi connectivity index (χ3v) is 3.30. The molecule has 0 radical (unpaired) electrons. The third-order valence-electron chi connectivity index (χ3n) is 3.30. The molecule has 0 atom stereocenters. The van der Waals surface area contributed by atoms with Crippen LogP contribution in [0.5, 0.6) is 5.88 Å². The van der Waals surface area contributed by atoms with Gasteiger partial charge in [-0.05, 0) is 30.5 Å². The first-order valence-corrected chi connectivity index (χ1v) is 7.11. The molecule has 0 unspecified atom stereocenters. The Labute approximate surface area is 119 Å². The standard InChI is InChI=1S/C16H19N3O/c1-2-9-17-14(3-1)8-10-20-16-7-4-13(12-19-16)11-18-15-5-6-15/h1-4,7,9,12,15,18H,5-6,8,10-11H2. The van der Waals surface area contributed by atoms with Gasteiger partial charge in [0.05, 0.1) is 6.61 Å². The molecule has 20 heavy (non-hydrogen) atoms. The van der Waals surface area contributed by atoms with Gasteiger partial charge >= 0.3 is 0 Å². The van der Waals surface area contributed by atoms with Crippen molar-refractivity contribution < 1.29 is 4.74 Å². The van der Waals surface area contributed by atoms with Crippen molar-refractivity contribution in [1.29, 1.82) is 0 Å². The number of nitrogens with one attached hydrogen (secondary N) is 1. The molecule has 4 heteroatoms. The Morgan fingerprint density at radius 1 is 1.15 bits per heavy atom. The summed E-state index contributed by atoms with van der Waals surface area (Å²) in [6, 6.07) is 10.6. The highest BCUT2D eigenvalue weighted by molar-refractivity contribution is 5.18. The molecule has 1 N–H and O–H groups in total. The average molecular weight is 269 g/mol. The summed E-state index contributed by atoms with van der Waals surface area (Å²) < 4.78 is 5.63. The van der Waals surface area contributed by atoms with Crippen LogP contribution in [-0.4, -0.2) is 22.6 Å². The van der Waals surface area contributed by atoms with Crippen molar-refractivity contribution in [3.8, 4) is 5.88 Å². The summed E-state index contributed by atoms with van der Waals surface area (Å²) in [5.74, 6) is 0.677. The number of aromatic nitrogens is 2. The van der Waals surface area contributed by atoms with Crippen LogP contribution < -0.4 is 10.1 Å². The second-order valence-corrected chi connectivity index (χ2v) is 5.08. The van der Waals surface area contributed by atoms with Crippen molar-refractivity contribution in [3.05, 3.63) is 54.0 Å². The van der Waals surface area contributed by atoms with E-state index in [9.17, 15) is 0 Å². The molecule has 2 aromatic heterocycles. The van der Waals surface area contributed by atoms with Crippen molar-refractivity contribution in [2.45, 2.75) is 31.8 Å². The summed E-state index contributed by atoms with van der Waals surface area (Å²) in [6.45, 7) is 1.50. The number of pyridine rings is 2. The topological polar surface area (TPSA) is 47.0 Å².